The van der Waals surface area contributed by atoms with E-state index in [0.29, 0.717) is 0 Å². The van der Waals surface area contributed by atoms with Crippen LogP contribution in [0.15, 0.2) is 0 Å². The Morgan fingerprint density at radius 1 is 1.09 bits per heavy atom. The summed E-state index contributed by atoms with van der Waals surface area (Å²) in [5.74, 6) is 0. The Balaban J connectivity index is 0.000000605. The molecular formula is C8H14NNaO. The van der Waals surface area contributed by atoms with E-state index < -0.39 is 0 Å². The van der Waals surface area contributed by atoms with E-state index in [0.717, 1.165) is 19.3 Å². The van der Waals surface area contributed by atoms with Crippen LogP contribution in [0.3, 0.4) is 0 Å². The quantitative estimate of drug-likeness (QED) is 0.381. The van der Waals surface area contributed by atoms with Crippen LogP contribution in [0.4, 0.5) is 0 Å². The molecule has 3 rings (SSSR count). The van der Waals surface area contributed by atoms with Crippen LogP contribution in [-0.4, -0.2) is 31.1 Å². The molecule has 58 valence electrons. The summed E-state index contributed by atoms with van der Waals surface area (Å²) in [6.45, 7) is 3.72. The van der Waals surface area contributed by atoms with Crippen LogP contribution in [0.5, 0.6) is 0 Å². The maximum atomic E-state index is 10.8. The zero-order valence-electron chi connectivity index (χ0n) is 7.31. The second-order valence-corrected chi connectivity index (χ2v) is 3.74. The van der Waals surface area contributed by atoms with Gasteiger partial charge in [-0.15, -0.1) is 6.61 Å². The standard InChI is InChI=1S/C8H14NO.Na/c10-7-8-1-4-9(5-2-8)6-3-8;/h1-7H2;/q-1;+1. The molecule has 3 aliphatic rings. The molecule has 0 atom stereocenters. The smallest absolute Gasteiger partial charge is 0.854 e. The average molecular weight is 163 g/mol. The molecular weight excluding hydrogens is 149 g/mol. The first kappa shape index (κ1) is 10.0. The molecule has 0 aromatic rings. The van der Waals surface area contributed by atoms with Crippen molar-refractivity contribution < 1.29 is 34.7 Å². The molecule has 3 heterocycles. The minimum absolute atomic E-state index is 0. The van der Waals surface area contributed by atoms with Gasteiger partial charge in [-0.1, -0.05) is 0 Å². The fourth-order valence-electron chi connectivity index (χ4n) is 2.11. The molecule has 2 nitrogen and oxygen atoms in total. The Hall–Kier alpha value is 0.920. The van der Waals surface area contributed by atoms with E-state index in [1.165, 1.54) is 19.6 Å². The first-order valence-corrected chi connectivity index (χ1v) is 4.15. The van der Waals surface area contributed by atoms with Gasteiger partial charge in [-0.25, -0.2) is 0 Å². The Morgan fingerprint density at radius 3 is 1.82 bits per heavy atom. The normalized spacial score (nSPS) is 41.7. The maximum absolute atomic E-state index is 10.8. The van der Waals surface area contributed by atoms with Crippen LogP contribution in [0.1, 0.15) is 19.3 Å². The van der Waals surface area contributed by atoms with E-state index >= 15 is 0 Å². The molecule has 0 aliphatic carbocycles. The van der Waals surface area contributed by atoms with Gasteiger partial charge >= 0.3 is 29.6 Å². The molecule has 3 fully saturated rings. The summed E-state index contributed by atoms with van der Waals surface area (Å²) in [6, 6.07) is 0. The van der Waals surface area contributed by atoms with Gasteiger partial charge in [0.05, 0.1) is 0 Å². The topological polar surface area (TPSA) is 26.3 Å². The summed E-state index contributed by atoms with van der Waals surface area (Å²) in [7, 11) is 0. The minimum Gasteiger partial charge on any atom is -0.854 e. The third kappa shape index (κ3) is 1.81. The first-order valence-electron chi connectivity index (χ1n) is 4.15. The van der Waals surface area contributed by atoms with Crippen molar-refractivity contribution >= 4 is 0 Å². The van der Waals surface area contributed by atoms with Crippen LogP contribution < -0.4 is 34.7 Å². The molecule has 0 unspecified atom stereocenters. The number of nitrogens with zero attached hydrogens (tertiary/aromatic N) is 1. The zero-order valence-corrected chi connectivity index (χ0v) is 9.31. The Morgan fingerprint density at radius 2 is 1.55 bits per heavy atom. The number of piperidine rings is 3. The first-order chi connectivity index (χ1) is 4.85. The minimum atomic E-state index is 0. The summed E-state index contributed by atoms with van der Waals surface area (Å²) in [4.78, 5) is 2.47. The molecule has 0 aromatic heterocycles. The number of hydrogen-bond donors (Lipinski definition) is 0. The van der Waals surface area contributed by atoms with Crippen molar-refractivity contribution in [3.63, 3.8) is 0 Å². The second-order valence-electron chi connectivity index (χ2n) is 3.74. The predicted octanol–water partition coefficient (Wildman–Crippen LogP) is -3.16. The molecule has 0 radical (unpaired) electrons. The van der Waals surface area contributed by atoms with Crippen molar-refractivity contribution in [3.05, 3.63) is 0 Å². The molecule has 0 amide bonds. The van der Waals surface area contributed by atoms with Crippen molar-refractivity contribution in [3.8, 4) is 0 Å². The summed E-state index contributed by atoms with van der Waals surface area (Å²) >= 11 is 0. The summed E-state index contributed by atoms with van der Waals surface area (Å²) in [6.07, 6.45) is 3.49. The van der Waals surface area contributed by atoms with Crippen molar-refractivity contribution in [1.29, 1.82) is 0 Å². The number of rotatable bonds is 1. The van der Waals surface area contributed by atoms with Crippen LogP contribution in [0, 0.1) is 5.41 Å². The molecule has 11 heavy (non-hydrogen) atoms. The fourth-order valence-corrected chi connectivity index (χ4v) is 2.11. The fraction of sp³-hybridized carbons (Fsp3) is 1.00. The SMILES string of the molecule is [Na+].[O-]CC12CCN(CC1)CC2. The summed E-state index contributed by atoms with van der Waals surface area (Å²) in [5.41, 5.74) is 0.231. The van der Waals surface area contributed by atoms with Gasteiger partial charge < -0.3 is 10.0 Å². The van der Waals surface area contributed by atoms with E-state index in [4.69, 9.17) is 0 Å². The Kier molecular flexibility index (Phi) is 3.41. The third-order valence-corrected chi connectivity index (χ3v) is 3.18. The summed E-state index contributed by atoms with van der Waals surface area (Å²) < 4.78 is 0. The maximum Gasteiger partial charge on any atom is 1.00 e. The van der Waals surface area contributed by atoms with Crippen LogP contribution in [0.2, 0.25) is 0 Å². The van der Waals surface area contributed by atoms with Gasteiger partial charge in [0.15, 0.2) is 0 Å². The van der Waals surface area contributed by atoms with Gasteiger partial charge in [-0.3, -0.25) is 0 Å². The van der Waals surface area contributed by atoms with E-state index in [1.54, 1.807) is 0 Å². The summed E-state index contributed by atoms with van der Waals surface area (Å²) in [5, 5.41) is 10.8. The molecule has 0 N–H and O–H groups in total. The second kappa shape index (κ2) is 3.75. The van der Waals surface area contributed by atoms with Gasteiger partial charge in [0.1, 0.15) is 0 Å². The van der Waals surface area contributed by atoms with Gasteiger partial charge in [-0.05, 0) is 44.3 Å². The van der Waals surface area contributed by atoms with Crippen molar-refractivity contribution in [2.75, 3.05) is 26.2 Å². The molecule has 2 bridgehead atoms. The predicted molar refractivity (Wildman–Crippen MR) is 37.6 cm³/mol. The van der Waals surface area contributed by atoms with Crippen molar-refractivity contribution in [2.24, 2.45) is 5.41 Å². The van der Waals surface area contributed by atoms with Crippen molar-refractivity contribution in [1.82, 2.24) is 4.90 Å². The molecule has 0 saturated carbocycles. The number of hydrogen-bond acceptors (Lipinski definition) is 2. The Bertz CT molecular complexity index is 118. The molecule has 3 heteroatoms. The number of fused-ring (bicyclic) bond motifs is 3. The van der Waals surface area contributed by atoms with Crippen LogP contribution in [-0.2, 0) is 0 Å². The molecule has 0 aromatic carbocycles. The van der Waals surface area contributed by atoms with E-state index in [2.05, 4.69) is 4.90 Å². The monoisotopic (exact) mass is 163 g/mol. The Labute approximate surface area is 90.2 Å². The average Bonchev–Trinajstić information content (AvgIpc) is 2.08. The van der Waals surface area contributed by atoms with Crippen LogP contribution >= 0.6 is 0 Å². The van der Waals surface area contributed by atoms with Crippen molar-refractivity contribution in [2.45, 2.75) is 19.3 Å². The molecule has 3 saturated heterocycles. The molecule has 0 spiro atoms. The van der Waals surface area contributed by atoms with Gasteiger partial charge in [0, 0.05) is 0 Å². The van der Waals surface area contributed by atoms with Crippen LogP contribution in [0.25, 0.3) is 0 Å². The molecule has 3 aliphatic heterocycles. The largest absolute Gasteiger partial charge is 1.00 e. The van der Waals surface area contributed by atoms with E-state index in [9.17, 15) is 5.11 Å². The zero-order chi connectivity index (χ0) is 7.03. The third-order valence-electron chi connectivity index (χ3n) is 3.18. The van der Waals surface area contributed by atoms with Gasteiger partial charge in [-0.2, -0.15) is 0 Å². The van der Waals surface area contributed by atoms with Gasteiger partial charge in [0.2, 0.25) is 0 Å². The van der Waals surface area contributed by atoms with E-state index in [-0.39, 0.29) is 41.6 Å². The van der Waals surface area contributed by atoms with Gasteiger partial charge in [0.25, 0.3) is 0 Å². The van der Waals surface area contributed by atoms with E-state index in [1.807, 2.05) is 0 Å².